The van der Waals surface area contributed by atoms with Crippen LogP contribution >= 0.6 is 11.6 Å². The lowest BCUT2D eigenvalue weighted by Crippen LogP contribution is -2.19. The molecule has 1 fully saturated rings. The first-order valence-electron chi connectivity index (χ1n) is 5.48. The summed E-state index contributed by atoms with van der Waals surface area (Å²) < 4.78 is 5.32. The highest BCUT2D eigenvalue weighted by molar-refractivity contribution is 6.33. The van der Waals surface area contributed by atoms with Crippen molar-refractivity contribution >= 4 is 23.0 Å². The number of benzene rings is 1. The van der Waals surface area contributed by atoms with Crippen LogP contribution in [0.1, 0.15) is 6.42 Å². The highest BCUT2D eigenvalue weighted by Gasteiger charge is 2.15. The molecule has 2 rings (SSSR count). The lowest BCUT2D eigenvalue weighted by atomic mass is 10.2. The molecule has 1 atom stereocenters. The molecule has 1 aromatic rings. The quantitative estimate of drug-likeness (QED) is 0.879. The van der Waals surface area contributed by atoms with Gasteiger partial charge in [-0.15, -0.1) is 0 Å². The number of nitrogens with one attached hydrogen (secondary N) is 1. The summed E-state index contributed by atoms with van der Waals surface area (Å²) in [5.41, 5.74) is 2.10. The Kier molecular flexibility index (Phi) is 3.56. The fourth-order valence-corrected chi connectivity index (χ4v) is 2.19. The van der Waals surface area contributed by atoms with E-state index >= 15 is 0 Å². The van der Waals surface area contributed by atoms with Gasteiger partial charge in [-0.2, -0.15) is 0 Å². The normalized spacial score (nSPS) is 19.8. The van der Waals surface area contributed by atoms with E-state index in [1.165, 1.54) is 0 Å². The zero-order chi connectivity index (χ0) is 11.5. The van der Waals surface area contributed by atoms with E-state index in [1.807, 2.05) is 31.1 Å². The Bertz CT molecular complexity index is 362. The first kappa shape index (κ1) is 11.6. The first-order valence-corrected chi connectivity index (χ1v) is 5.86. The van der Waals surface area contributed by atoms with Gasteiger partial charge >= 0.3 is 0 Å². The molecule has 1 unspecified atom stereocenters. The zero-order valence-electron chi connectivity index (χ0n) is 9.66. The van der Waals surface area contributed by atoms with Gasteiger partial charge in [0.15, 0.2) is 0 Å². The average molecular weight is 241 g/mol. The summed E-state index contributed by atoms with van der Waals surface area (Å²) in [7, 11) is 3.97. The zero-order valence-corrected chi connectivity index (χ0v) is 10.4. The van der Waals surface area contributed by atoms with E-state index < -0.39 is 0 Å². The molecule has 88 valence electrons. The molecular weight excluding hydrogens is 224 g/mol. The number of rotatable bonds is 3. The topological polar surface area (TPSA) is 24.5 Å². The third-order valence-corrected chi connectivity index (χ3v) is 3.03. The van der Waals surface area contributed by atoms with Crippen molar-refractivity contribution in [1.82, 2.24) is 0 Å². The highest BCUT2D eigenvalue weighted by Crippen LogP contribution is 2.28. The Hall–Kier alpha value is -0.930. The van der Waals surface area contributed by atoms with Crippen LogP contribution in [0.25, 0.3) is 0 Å². The second kappa shape index (κ2) is 4.93. The van der Waals surface area contributed by atoms with Crippen molar-refractivity contribution in [2.75, 3.05) is 37.5 Å². The van der Waals surface area contributed by atoms with E-state index in [9.17, 15) is 0 Å². The van der Waals surface area contributed by atoms with Gasteiger partial charge in [0, 0.05) is 26.4 Å². The van der Waals surface area contributed by atoms with Crippen LogP contribution in [0.5, 0.6) is 0 Å². The molecule has 0 amide bonds. The van der Waals surface area contributed by atoms with Crippen molar-refractivity contribution in [3.8, 4) is 0 Å². The number of hydrogen-bond donors (Lipinski definition) is 1. The van der Waals surface area contributed by atoms with Crippen LogP contribution in [0, 0.1) is 0 Å². The molecule has 4 heteroatoms. The van der Waals surface area contributed by atoms with Crippen molar-refractivity contribution in [3.05, 3.63) is 23.2 Å². The second-order valence-electron chi connectivity index (χ2n) is 4.27. The van der Waals surface area contributed by atoms with Gasteiger partial charge in [-0.05, 0) is 24.6 Å². The molecule has 0 bridgehead atoms. The molecule has 1 aliphatic rings. The monoisotopic (exact) mass is 240 g/mol. The number of nitrogens with zero attached hydrogens (tertiary/aromatic N) is 1. The molecule has 0 saturated carbocycles. The fourth-order valence-electron chi connectivity index (χ4n) is 1.84. The summed E-state index contributed by atoms with van der Waals surface area (Å²) in [6.45, 7) is 1.63. The van der Waals surface area contributed by atoms with Crippen molar-refractivity contribution in [3.63, 3.8) is 0 Å². The molecule has 16 heavy (non-hydrogen) atoms. The Balaban J connectivity index is 2.08. The molecule has 0 spiro atoms. The third kappa shape index (κ3) is 2.60. The molecular formula is C12H17ClN2O. The third-order valence-electron chi connectivity index (χ3n) is 2.73. The van der Waals surface area contributed by atoms with Gasteiger partial charge in [0.1, 0.15) is 0 Å². The summed E-state index contributed by atoms with van der Waals surface area (Å²) in [4.78, 5) is 2.00. The Morgan fingerprint density at radius 2 is 2.25 bits per heavy atom. The predicted molar refractivity (Wildman–Crippen MR) is 68.6 cm³/mol. The van der Waals surface area contributed by atoms with Crippen molar-refractivity contribution in [2.45, 2.75) is 12.5 Å². The summed E-state index contributed by atoms with van der Waals surface area (Å²) in [5, 5.41) is 4.19. The van der Waals surface area contributed by atoms with Crippen molar-refractivity contribution in [1.29, 1.82) is 0 Å². The van der Waals surface area contributed by atoms with Gasteiger partial charge in [-0.1, -0.05) is 11.6 Å². The summed E-state index contributed by atoms with van der Waals surface area (Å²) in [6, 6.07) is 6.47. The van der Waals surface area contributed by atoms with E-state index in [0.29, 0.717) is 6.04 Å². The molecule has 0 aromatic heterocycles. The minimum absolute atomic E-state index is 0.418. The van der Waals surface area contributed by atoms with E-state index in [1.54, 1.807) is 0 Å². The smallest absolute Gasteiger partial charge is 0.0668 e. The van der Waals surface area contributed by atoms with Gasteiger partial charge in [0.25, 0.3) is 0 Å². The van der Waals surface area contributed by atoms with Gasteiger partial charge in [-0.3, -0.25) is 0 Å². The van der Waals surface area contributed by atoms with Crippen LogP contribution in [0.4, 0.5) is 11.4 Å². The summed E-state index contributed by atoms with van der Waals surface area (Å²) in [6.07, 6.45) is 1.06. The number of hydrogen-bond acceptors (Lipinski definition) is 3. The van der Waals surface area contributed by atoms with E-state index in [4.69, 9.17) is 16.3 Å². The Morgan fingerprint density at radius 1 is 1.44 bits per heavy atom. The van der Waals surface area contributed by atoms with Crippen LogP contribution in [0.3, 0.4) is 0 Å². The number of ether oxygens (including phenoxy) is 1. The molecule has 0 aliphatic carbocycles. The molecule has 0 radical (unpaired) electrons. The van der Waals surface area contributed by atoms with Crippen LogP contribution in [-0.4, -0.2) is 33.4 Å². The van der Waals surface area contributed by atoms with Gasteiger partial charge in [-0.25, -0.2) is 0 Å². The first-order chi connectivity index (χ1) is 7.66. The average Bonchev–Trinajstić information content (AvgIpc) is 2.70. The van der Waals surface area contributed by atoms with E-state index in [0.717, 1.165) is 36.0 Å². The van der Waals surface area contributed by atoms with E-state index in [-0.39, 0.29) is 0 Å². The lowest BCUT2D eigenvalue weighted by molar-refractivity contribution is 0.195. The number of anilines is 2. The summed E-state index contributed by atoms with van der Waals surface area (Å²) in [5.74, 6) is 0. The standard InChI is InChI=1S/C12H17ClN2O/c1-15(2)12-4-3-9(7-11(12)13)14-10-5-6-16-8-10/h3-4,7,10,14H,5-6,8H2,1-2H3. The van der Waals surface area contributed by atoms with Crippen LogP contribution in [0.2, 0.25) is 5.02 Å². The molecule has 1 N–H and O–H groups in total. The lowest BCUT2D eigenvalue weighted by Gasteiger charge is -2.17. The number of halogens is 1. The largest absolute Gasteiger partial charge is 0.380 e. The van der Waals surface area contributed by atoms with Crippen LogP contribution < -0.4 is 10.2 Å². The van der Waals surface area contributed by atoms with Crippen molar-refractivity contribution < 1.29 is 4.74 Å². The van der Waals surface area contributed by atoms with Crippen LogP contribution in [-0.2, 0) is 4.74 Å². The second-order valence-corrected chi connectivity index (χ2v) is 4.67. The minimum atomic E-state index is 0.418. The Labute approximate surface area is 101 Å². The minimum Gasteiger partial charge on any atom is -0.380 e. The van der Waals surface area contributed by atoms with Crippen LogP contribution in [0.15, 0.2) is 18.2 Å². The molecule has 1 aromatic carbocycles. The maximum Gasteiger partial charge on any atom is 0.0668 e. The van der Waals surface area contributed by atoms with Gasteiger partial charge in [0.05, 0.1) is 23.4 Å². The maximum absolute atomic E-state index is 6.20. The maximum atomic E-state index is 6.20. The fraction of sp³-hybridized carbons (Fsp3) is 0.500. The van der Waals surface area contributed by atoms with Crippen molar-refractivity contribution in [2.24, 2.45) is 0 Å². The molecule has 1 saturated heterocycles. The highest BCUT2D eigenvalue weighted by atomic mass is 35.5. The summed E-state index contributed by atoms with van der Waals surface area (Å²) >= 11 is 6.20. The van der Waals surface area contributed by atoms with E-state index in [2.05, 4.69) is 11.4 Å². The van der Waals surface area contributed by atoms with Gasteiger partial charge < -0.3 is 15.0 Å². The Morgan fingerprint density at radius 3 is 2.81 bits per heavy atom. The SMILES string of the molecule is CN(C)c1ccc(NC2CCOC2)cc1Cl. The molecule has 1 heterocycles. The van der Waals surface area contributed by atoms with Gasteiger partial charge in [0.2, 0.25) is 0 Å². The molecule has 3 nitrogen and oxygen atoms in total. The predicted octanol–water partition coefficient (Wildman–Crippen LogP) is 2.61. The molecule has 1 aliphatic heterocycles.